The average molecular weight is 502 g/mol. The maximum Gasteiger partial charge on any atom is 0.0528 e. The van der Waals surface area contributed by atoms with Crippen molar-refractivity contribution in [2.45, 2.75) is 0 Å². The molecule has 0 spiro atoms. The molecular weight excluding hydrogens is 478 g/mol. The third-order valence-electron chi connectivity index (χ3n) is 7.64. The van der Waals surface area contributed by atoms with E-state index in [0.29, 0.717) is 0 Å². The number of aromatic nitrogens is 1. The topological polar surface area (TPSA) is 4.93 Å². The Morgan fingerprint density at radius 1 is 0.421 bits per heavy atom. The van der Waals surface area contributed by atoms with Crippen molar-refractivity contribution in [3.63, 3.8) is 0 Å². The largest absolute Gasteiger partial charge is 0.317 e. The summed E-state index contributed by atoms with van der Waals surface area (Å²) in [6, 6.07) is 48.6. The summed E-state index contributed by atoms with van der Waals surface area (Å²) in [7, 11) is 0. The Balaban J connectivity index is 1.22. The lowest BCUT2D eigenvalue weighted by molar-refractivity contribution is 1.13. The Bertz CT molecular complexity index is 2090. The van der Waals surface area contributed by atoms with Gasteiger partial charge in [-0.05, 0) is 92.0 Å². The molecule has 0 radical (unpaired) electrons. The van der Waals surface area contributed by atoms with Crippen molar-refractivity contribution in [3.05, 3.63) is 140 Å². The molecule has 38 heavy (non-hydrogen) atoms. The number of fused-ring (bicyclic) bond motifs is 7. The smallest absolute Gasteiger partial charge is 0.0528 e. The van der Waals surface area contributed by atoms with Crippen molar-refractivity contribution >= 4 is 54.6 Å². The lowest BCUT2D eigenvalue weighted by Crippen LogP contribution is -1.90. The lowest BCUT2D eigenvalue weighted by atomic mass is 9.93. The van der Waals surface area contributed by atoms with Gasteiger partial charge in [0.15, 0.2) is 0 Å². The number of rotatable bonds is 3. The Morgan fingerprint density at radius 2 is 0.974 bits per heavy atom. The minimum absolute atomic E-state index is 1.19. The first kappa shape index (κ1) is 21.4. The minimum Gasteiger partial charge on any atom is -0.317 e. The van der Waals surface area contributed by atoms with Crippen LogP contribution in [0, 0.1) is 0 Å². The van der Waals surface area contributed by atoms with Gasteiger partial charge in [-0.1, -0.05) is 84.9 Å². The van der Waals surface area contributed by atoms with Crippen molar-refractivity contribution in [3.8, 4) is 26.6 Å². The summed E-state index contributed by atoms with van der Waals surface area (Å²) < 4.78 is 2.25. The molecule has 0 aliphatic rings. The molecule has 0 saturated carbocycles. The van der Waals surface area contributed by atoms with Crippen LogP contribution >= 0.6 is 11.3 Å². The second kappa shape index (κ2) is 8.44. The first-order valence-corrected chi connectivity index (χ1v) is 13.8. The van der Waals surface area contributed by atoms with Crippen molar-refractivity contribution < 1.29 is 0 Å². The fourth-order valence-corrected chi connectivity index (χ4v) is 6.82. The SMILES string of the molecule is c1ccc(-n2ccc3cc(-c4ccc(-c5ccc6c7ccccc7c7ccccc7c6c5)s4)ccc32)cc1. The van der Waals surface area contributed by atoms with E-state index in [9.17, 15) is 0 Å². The van der Waals surface area contributed by atoms with E-state index < -0.39 is 0 Å². The molecule has 8 aromatic rings. The zero-order chi connectivity index (χ0) is 25.1. The predicted octanol–water partition coefficient (Wildman–Crippen LogP) is 10.5. The van der Waals surface area contributed by atoms with Crippen LogP contribution in [0.3, 0.4) is 0 Å². The van der Waals surface area contributed by atoms with E-state index in [0.717, 1.165) is 0 Å². The molecule has 0 N–H and O–H groups in total. The van der Waals surface area contributed by atoms with Crippen LogP contribution in [0.1, 0.15) is 0 Å². The summed E-state index contributed by atoms with van der Waals surface area (Å²) >= 11 is 1.86. The molecule has 0 aliphatic carbocycles. The molecule has 0 fully saturated rings. The maximum absolute atomic E-state index is 2.38. The number of para-hydroxylation sites is 1. The normalized spacial score (nSPS) is 11.7. The van der Waals surface area contributed by atoms with E-state index in [4.69, 9.17) is 0 Å². The van der Waals surface area contributed by atoms with E-state index in [1.54, 1.807) is 0 Å². The number of thiophene rings is 1. The van der Waals surface area contributed by atoms with Gasteiger partial charge in [0.05, 0.1) is 5.52 Å². The van der Waals surface area contributed by atoms with Crippen molar-refractivity contribution in [1.82, 2.24) is 4.57 Å². The molecule has 2 heterocycles. The Morgan fingerprint density at radius 3 is 1.66 bits per heavy atom. The first-order chi connectivity index (χ1) is 18.8. The molecule has 0 saturated heterocycles. The molecule has 0 atom stereocenters. The van der Waals surface area contributed by atoms with Gasteiger partial charge in [-0.3, -0.25) is 0 Å². The molecule has 2 heteroatoms. The third kappa shape index (κ3) is 3.31. The third-order valence-corrected chi connectivity index (χ3v) is 8.83. The summed E-state index contributed by atoms with van der Waals surface area (Å²) in [4.78, 5) is 2.58. The van der Waals surface area contributed by atoms with Crippen LogP contribution < -0.4 is 0 Å². The van der Waals surface area contributed by atoms with Crippen LogP contribution in [-0.4, -0.2) is 4.57 Å². The van der Waals surface area contributed by atoms with Crippen molar-refractivity contribution in [2.24, 2.45) is 0 Å². The highest BCUT2D eigenvalue weighted by Crippen LogP contribution is 2.40. The highest BCUT2D eigenvalue weighted by Gasteiger charge is 2.12. The van der Waals surface area contributed by atoms with E-state index in [1.165, 1.54) is 69.8 Å². The fourth-order valence-electron chi connectivity index (χ4n) is 5.82. The van der Waals surface area contributed by atoms with Gasteiger partial charge < -0.3 is 4.57 Å². The quantitative estimate of drug-likeness (QED) is 0.212. The summed E-state index contributed by atoms with van der Waals surface area (Å²) in [6.07, 6.45) is 2.16. The molecule has 1 nitrogen and oxygen atoms in total. The van der Waals surface area contributed by atoms with Crippen LogP contribution in [0.2, 0.25) is 0 Å². The molecule has 0 unspecified atom stereocenters. The Hall–Kier alpha value is -4.66. The molecule has 2 aromatic heterocycles. The van der Waals surface area contributed by atoms with Gasteiger partial charge in [-0.2, -0.15) is 0 Å². The van der Waals surface area contributed by atoms with Gasteiger partial charge in [0.2, 0.25) is 0 Å². The minimum atomic E-state index is 1.19. The summed E-state index contributed by atoms with van der Waals surface area (Å²) in [5.41, 5.74) is 4.94. The predicted molar refractivity (Wildman–Crippen MR) is 165 cm³/mol. The van der Waals surface area contributed by atoms with Gasteiger partial charge in [0.1, 0.15) is 0 Å². The van der Waals surface area contributed by atoms with Gasteiger partial charge in [-0.25, -0.2) is 0 Å². The molecule has 6 aromatic carbocycles. The second-order valence-corrected chi connectivity index (χ2v) is 10.9. The number of hydrogen-bond donors (Lipinski definition) is 0. The Labute approximate surface area is 224 Å². The van der Waals surface area contributed by atoms with Gasteiger partial charge >= 0.3 is 0 Å². The van der Waals surface area contributed by atoms with E-state index >= 15 is 0 Å². The second-order valence-electron chi connectivity index (χ2n) is 9.81. The monoisotopic (exact) mass is 501 g/mol. The van der Waals surface area contributed by atoms with Crippen LogP contribution in [0.5, 0.6) is 0 Å². The van der Waals surface area contributed by atoms with Crippen molar-refractivity contribution in [1.29, 1.82) is 0 Å². The zero-order valence-electron chi connectivity index (χ0n) is 20.6. The standard InChI is InChI=1S/C36H23NS/c1-2-8-27(9-3-1)37-21-20-24-22-25(15-17-34(24)37)35-18-19-36(38-35)26-14-16-32-30-12-5-4-10-28(30)29-11-6-7-13-31(29)33(32)23-26/h1-23H. The molecule has 0 amide bonds. The van der Waals surface area contributed by atoms with Crippen LogP contribution in [0.25, 0.3) is 69.8 Å². The lowest BCUT2D eigenvalue weighted by Gasteiger charge is -2.11. The molecular formula is C36H23NS. The van der Waals surface area contributed by atoms with Crippen molar-refractivity contribution in [2.75, 3.05) is 0 Å². The number of hydrogen-bond acceptors (Lipinski definition) is 1. The van der Waals surface area contributed by atoms with Crippen LogP contribution in [0.4, 0.5) is 0 Å². The molecule has 0 aliphatic heterocycles. The number of nitrogens with zero attached hydrogens (tertiary/aromatic N) is 1. The van der Waals surface area contributed by atoms with Gasteiger partial charge in [0, 0.05) is 27.0 Å². The van der Waals surface area contributed by atoms with Gasteiger partial charge in [0.25, 0.3) is 0 Å². The van der Waals surface area contributed by atoms with E-state index in [-0.39, 0.29) is 0 Å². The van der Waals surface area contributed by atoms with Crippen LogP contribution in [0.15, 0.2) is 140 Å². The van der Waals surface area contributed by atoms with Crippen LogP contribution in [-0.2, 0) is 0 Å². The van der Waals surface area contributed by atoms with E-state index in [2.05, 4.69) is 144 Å². The van der Waals surface area contributed by atoms with E-state index in [1.807, 2.05) is 11.3 Å². The number of benzene rings is 6. The Kier molecular flexibility index (Phi) is 4.76. The highest BCUT2D eigenvalue weighted by atomic mass is 32.1. The summed E-state index contributed by atoms with van der Waals surface area (Å²) in [5.74, 6) is 0. The molecule has 178 valence electrons. The summed E-state index contributed by atoms with van der Waals surface area (Å²) in [5, 5.41) is 9.14. The highest BCUT2D eigenvalue weighted by molar-refractivity contribution is 7.18. The fraction of sp³-hybridized carbons (Fsp3) is 0. The first-order valence-electron chi connectivity index (χ1n) is 12.9. The summed E-state index contributed by atoms with van der Waals surface area (Å²) in [6.45, 7) is 0. The molecule has 0 bridgehead atoms. The molecule has 8 rings (SSSR count). The average Bonchev–Trinajstić information content (AvgIpc) is 3.65. The zero-order valence-corrected chi connectivity index (χ0v) is 21.5. The van der Waals surface area contributed by atoms with Gasteiger partial charge in [-0.15, -0.1) is 11.3 Å². The maximum atomic E-state index is 2.38.